The molecule has 1 aliphatic rings. The lowest BCUT2D eigenvalue weighted by Crippen LogP contribution is -2.60. The fourth-order valence-electron chi connectivity index (χ4n) is 4.46. The first-order valence-electron chi connectivity index (χ1n) is 10.2. The zero-order valence-corrected chi connectivity index (χ0v) is 17.9. The van der Waals surface area contributed by atoms with Crippen molar-refractivity contribution < 1.29 is 4.74 Å². The number of ether oxygens (including phenoxy) is 1. The van der Waals surface area contributed by atoms with Gasteiger partial charge in [0.05, 0.1) is 5.69 Å². The maximum absolute atomic E-state index is 5.13. The van der Waals surface area contributed by atoms with Gasteiger partial charge in [-0.3, -0.25) is 0 Å². The highest BCUT2D eigenvalue weighted by Crippen LogP contribution is 2.30. The third-order valence-electron chi connectivity index (χ3n) is 5.24. The number of piperidine rings is 1. The lowest BCUT2D eigenvalue weighted by Gasteiger charge is -2.46. The highest BCUT2D eigenvalue weighted by molar-refractivity contribution is 5.60. The van der Waals surface area contributed by atoms with Crippen molar-refractivity contribution in [2.24, 2.45) is 0 Å². The third-order valence-corrected chi connectivity index (χ3v) is 5.24. The Balaban J connectivity index is 1.68. The number of methoxy groups -OCH3 is 1. The molecule has 0 saturated carbocycles. The van der Waals surface area contributed by atoms with Gasteiger partial charge in [0.2, 0.25) is 5.95 Å². The Hall–Kier alpha value is -1.98. The van der Waals surface area contributed by atoms with Crippen molar-refractivity contribution in [2.45, 2.75) is 70.5 Å². The van der Waals surface area contributed by atoms with Gasteiger partial charge in [0.15, 0.2) is 0 Å². The molecule has 0 radical (unpaired) electrons. The Morgan fingerprint density at radius 1 is 1.07 bits per heavy atom. The van der Waals surface area contributed by atoms with E-state index in [4.69, 9.17) is 9.72 Å². The molecule has 2 aromatic rings. The van der Waals surface area contributed by atoms with Crippen LogP contribution in [0.25, 0.3) is 11.3 Å². The standard InChI is InChI=1S/C23H34N4O/c1-22(2)15-19(16-23(3,4)27-22)25-21-24-13-12-20(26-21)18-10-8-17(9-11-18)7-6-14-28-5/h8-13,19,27H,6-7,14-16H2,1-5H3,(H,24,25,26). The number of benzene rings is 1. The van der Waals surface area contributed by atoms with Crippen LogP contribution in [0.4, 0.5) is 5.95 Å². The number of aromatic nitrogens is 2. The van der Waals surface area contributed by atoms with Gasteiger partial charge in [0.1, 0.15) is 0 Å². The van der Waals surface area contributed by atoms with Gasteiger partial charge in [-0.25, -0.2) is 9.97 Å². The van der Waals surface area contributed by atoms with Gasteiger partial charge in [0.25, 0.3) is 0 Å². The van der Waals surface area contributed by atoms with Gasteiger partial charge in [-0.05, 0) is 65.0 Å². The summed E-state index contributed by atoms with van der Waals surface area (Å²) in [6, 6.07) is 11.0. The first kappa shape index (κ1) is 20.7. The van der Waals surface area contributed by atoms with Crippen LogP contribution in [0.2, 0.25) is 0 Å². The normalized spacial score (nSPS) is 18.8. The second-order valence-corrected chi connectivity index (χ2v) is 9.20. The topological polar surface area (TPSA) is 59.1 Å². The molecule has 28 heavy (non-hydrogen) atoms. The summed E-state index contributed by atoms with van der Waals surface area (Å²) < 4.78 is 5.13. The summed E-state index contributed by atoms with van der Waals surface area (Å²) in [7, 11) is 1.75. The summed E-state index contributed by atoms with van der Waals surface area (Å²) in [6.45, 7) is 9.83. The number of nitrogens with zero attached hydrogens (tertiary/aromatic N) is 2. The summed E-state index contributed by atoms with van der Waals surface area (Å²) in [5.41, 5.74) is 3.58. The Morgan fingerprint density at radius 3 is 2.39 bits per heavy atom. The molecule has 3 rings (SSSR count). The first-order valence-corrected chi connectivity index (χ1v) is 10.2. The molecule has 0 spiro atoms. The lowest BCUT2D eigenvalue weighted by atomic mass is 9.80. The molecule has 5 heteroatoms. The fourth-order valence-corrected chi connectivity index (χ4v) is 4.46. The van der Waals surface area contributed by atoms with E-state index in [0.29, 0.717) is 12.0 Å². The summed E-state index contributed by atoms with van der Waals surface area (Å²) in [5, 5.41) is 7.29. The van der Waals surface area contributed by atoms with Crippen molar-refractivity contribution in [2.75, 3.05) is 19.0 Å². The second kappa shape index (κ2) is 8.58. The van der Waals surface area contributed by atoms with E-state index in [0.717, 1.165) is 43.5 Å². The van der Waals surface area contributed by atoms with Crippen LogP contribution < -0.4 is 10.6 Å². The molecule has 0 unspecified atom stereocenters. The molecule has 1 aromatic carbocycles. The van der Waals surface area contributed by atoms with Gasteiger partial charge >= 0.3 is 0 Å². The van der Waals surface area contributed by atoms with Crippen molar-refractivity contribution >= 4 is 5.95 Å². The Bertz CT molecular complexity index is 754. The number of rotatable bonds is 7. The number of nitrogens with one attached hydrogen (secondary N) is 2. The number of aryl methyl sites for hydroxylation is 1. The summed E-state index contributed by atoms with van der Waals surface area (Å²) in [5.74, 6) is 0.708. The zero-order chi connectivity index (χ0) is 20.2. The van der Waals surface area contributed by atoms with Gasteiger partial charge < -0.3 is 15.4 Å². The number of anilines is 1. The molecule has 0 aliphatic carbocycles. The Labute approximate surface area is 169 Å². The lowest BCUT2D eigenvalue weighted by molar-refractivity contribution is 0.170. The molecule has 152 valence electrons. The second-order valence-electron chi connectivity index (χ2n) is 9.20. The van der Waals surface area contributed by atoms with E-state index >= 15 is 0 Å². The van der Waals surface area contributed by atoms with Crippen LogP contribution in [0.3, 0.4) is 0 Å². The number of hydrogen-bond acceptors (Lipinski definition) is 5. The molecular weight excluding hydrogens is 348 g/mol. The fraction of sp³-hybridized carbons (Fsp3) is 0.565. The van der Waals surface area contributed by atoms with Crippen LogP contribution in [0.1, 0.15) is 52.5 Å². The average Bonchev–Trinajstić information content (AvgIpc) is 2.60. The zero-order valence-electron chi connectivity index (χ0n) is 17.9. The van der Waals surface area contributed by atoms with E-state index in [2.05, 4.69) is 67.6 Å². The molecule has 1 fully saturated rings. The van der Waals surface area contributed by atoms with Gasteiger partial charge in [-0.15, -0.1) is 0 Å². The minimum Gasteiger partial charge on any atom is -0.385 e. The minimum absolute atomic E-state index is 0.0929. The number of hydrogen-bond donors (Lipinski definition) is 2. The van der Waals surface area contributed by atoms with Crippen LogP contribution in [-0.2, 0) is 11.2 Å². The SMILES string of the molecule is COCCCc1ccc(-c2ccnc(NC3CC(C)(C)NC(C)(C)C3)n2)cc1. The molecule has 2 N–H and O–H groups in total. The summed E-state index contributed by atoms with van der Waals surface area (Å²) >= 11 is 0. The molecule has 1 aromatic heterocycles. The van der Waals surface area contributed by atoms with Gasteiger partial charge in [-0.1, -0.05) is 24.3 Å². The van der Waals surface area contributed by atoms with E-state index < -0.39 is 0 Å². The highest BCUT2D eigenvalue weighted by atomic mass is 16.5. The van der Waals surface area contributed by atoms with E-state index in [1.54, 1.807) is 7.11 Å². The van der Waals surface area contributed by atoms with Gasteiger partial charge in [-0.2, -0.15) is 0 Å². The molecule has 0 amide bonds. The van der Waals surface area contributed by atoms with E-state index in [-0.39, 0.29) is 11.1 Å². The van der Waals surface area contributed by atoms with Crippen molar-refractivity contribution in [3.63, 3.8) is 0 Å². The monoisotopic (exact) mass is 382 g/mol. The first-order chi connectivity index (χ1) is 13.3. The molecule has 0 bridgehead atoms. The maximum atomic E-state index is 5.13. The maximum Gasteiger partial charge on any atom is 0.223 e. The molecule has 5 nitrogen and oxygen atoms in total. The predicted octanol–water partition coefficient (Wildman–Crippen LogP) is 4.44. The van der Waals surface area contributed by atoms with E-state index in [1.165, 1.54) is 5.56 Å². The van der Waals surface area contributed by atoms with Crippen LogP contribution in [-0.4, -0.2) is 40.8 Å². The van der Waals surface area contributed by atoms with Crippen molar-refractivity contribution in [1.29, 1.82) is 0 Å². The average molecular weight is 383 g/mol. The summed E-state index contributed by atoms with van der Waals surface area (Å²) in [4.78, 5) is 9.24. The Morgan fingerprint density at radius 2 is 1.75 bits per heavy atom. The van der Waals surface area contributed by atoms with Crippen LogP contribution in [0.15, 0.2) is 36.5 Å². The summed E-state index contributed by atoms with van der Waals surface area (Å²) in [6.07, 6.45) is 6.00. The molecule has 1 saturated heterocycles. The smallest absolute Gasteiger partial charge is 0.223 e. The van der Waals surface area contributed by atoms with Crippen molar-refractivity contribution in [1.82, 2.24) is 15.3 Å². The van der Waals surface area contributed by atoms with Crippen LogP contribution in [0, 0.1) is 0 Å². The van der Waals surface area contributed by atoms with Crippen LogP contribution >= 0.6 is 0 Å². The molecular formula is C23H34N4O. The third kappa shape index (κ3) is 5.76. The minimum atomic E-state index is 0.0929. The quantitative estimate of drug-likeness (QED) is 0.693. The molecule has 1 aliphatic heterocycles. The van der Waals surface area contributed by atoms with E-state index in [1.807, 2.05) is 12.3 Å². The highest BCUT2D eigenvalue weighted by Gasteiger charge is 2.37. The van der Waals surface area contributed by atoms with Crippen LogP contribution in [0.5, 0.6) is 0 Å². The molecule has 2 heterocycles. The Kier molecular flexibility index (Phi) is 6.36. The van der Waals surface area contributed by atoms with E-state index in [9.17, 15) is 0 Å². The predicted molar refractivity (Wildman–Crippen MR) is 116 cm³/mol. The largest absolute Gasteiger partial charge is 0.385 e. The van der Waals surface area contributed by atoms with Crippen molar-refractivity contribution in [3.05, 3.63) is 42.1 Å². The molecule has 0 atom stereocenters. The van der Waals surface area contributed by atoms with Crippen molar-refractivity contribution in [3.8, 4) is 11.3 Å². The van der Waals surface area contributed by atoms with Gasteiger partial charge in [0, 0.05) is 42.6 Å².